The number of methoxy groups -OCH3 is 3. The van der Waals surface area contributed by atoms with Crippen LogP contribution in [0.15, 0.2) is 111 Å². The van der Waals surface area contributed by atoms with Crippen LogP contribution in [0.4, 0.5) is 17.1 Å². The second-order valence-electron chi connectivity index (χ2n) is 15.7. The third-order valence-electron chi connectivity index (χ3n) is 11.9. The van der Waals surface area contributed by atoms with Crippen LogP contribution in [0.25, 0.3) is 10.8 Å². The molecule has 2 aliphatic rings. The Balaban J connectivity index is 1.47. The summed E-state index contributed by atoms with van der Waals surface area (Å²) in [5.41, 5.74) is -2.51. The number of imide groups is 2. The van der Waals surface area contributed by atoms with Crippen LogP contribution < -0.4 is 19.5 Å². The first kappa shape index (κ1) is 49.7. The number of hydrogen-bond donors (Lipinski definition) is 3. The lowest BCUT2D eigenvalue weighted by atomic mass is 9.91. The number of nitrogens with one attached hydrogen (secondary N) is 1. The number of carbonyl (C=O) groups excluding carboxylic acids is 5. The lowest BCUT2D eigenvalue weighted by Crippen LogP contribution is -2.31. The lowest BCUT2D eigenvalue weighted by molar-refractivity contribution is 0.0629. The summed E-state index contributed by atoms with van der Waals surface area (Å²) in [6.45, 7) is 1.94. The number of amides is 5. The van der Waals surface area contributed by atoms with Crippen molar-refractivity contribution in [3.8, 4) is 23.0 Å². The van der Waals surface area contributed by atoms with Gasteiger partial charge in [-0.25, -0.2) is 8.42 Å². The van der Waals surface area contributed by atoms with Crippen LogP contribution in [0.1, 0.15) is 76.8 Å². The average molecular weight is 1030 g/mol. The number of phenols is 1. The molecule has 0 fully saturated rings. The lowest BCUT2D eigenvalue weighted by Gasteiger charge is -2.25. The summed E-state index contributed by atoms with van der Waals surface area (Å²) in [4.78, 5) is 71.6. The predicted octanol–water partition coefficient (Wildman–Crippen LogP) is 7.76. The van der Waals surface area contributed by atoms with Gasteiger partial charge >= 0.3 is 0 Å². The Bertz CT molecular complexity index is 3480. The molecule has 0 radical (unpaired) electrons. The number of phenolic OH excluding ortho intramolecular Hbond substituents is 1. The standard InChI is InChI=1S/C48H41ClN6O14S2/c1-6-53(7-2)70(62,63)26-17-18-35(67-3)34(20-26)51-52-42-41-38(71(64,65)66)19-16-25(23-54-45(58)27-12-8-9-13-28(27)46(54)59)39(41)31(24-55-47(60)29-14-10-11-15-30(29)48(55)61)40(43(42)56)44(57)50-33-21-32(49)36(68-4)22-37(33)69-5/h8-22,56H,6-7,23-24H2,1-5H3,(H,50,57)(H,64,65,66). The van der Waals surface area contributed by atoms with Gasteiger partial charge in [-0.3, -0.25) is 38.3 Å². The van der Waals surface area contributed by atoms with Gasteiger partial charge in [0.25, 0.3) is 39.7 Å². The van der Waals surface area contributed by atoms with Crippen LogP contribution in [0.3, 0.4) is 0 Å². The Hall–Kier alpha value is -7.76. The molecule has 3 N–H and O–H groups in total. The Kier molecular flexibility index (Phi) is 13.4. The highest BCUT2D eigenvalue weighted by Gasteiger charge is 2.40. The number of fused-ring (bicyclic) bond motifs is 3. The number of rotatable bonds is 16. The van der Waals surface area contributed by atoms with E-state index in [1.807, 2.05) is 0 Å². The second-order valence-corrected chi connectivity index (χ2v) is 19.5. The fourth-order valence-electron chi connectivity index (χ4n) is 8.52. The maximum absolute atomic E-state index is 15.1. The minimum Gasteiger partial charge on any atom is -0.505 e. The van der Waals surface area contributed by atoms with Crippen LogP contribution in [-0.2, 0) is 33.2 Å². The molecule has 2 aliphatic heterocycles. The van der Waals surface area contributed by atoms with Gasteiger partial charge < -0.3 is 24.6 Å². The van der Waals surface area contributed by atoms with Crippen molar-refractivity contribution in [2.45, 2.75) is 36.7 Å². The number of nitrogens with zero attached hydrogens (tertiary/aromatic N) is 5. The quantitative estimate of drug-likeness (QED) is 0.0475. The molecule has 6 aromatic carbocycles. The normalized spacial score (nSPS) is 13.7. The van der Waals surface area contributed by atoms with Gasteiger partial charge in [0.05, 0.1) is 77.8 Å². The van der Waals surface area contributed by atoms with E-state index in [2.05, 4.69) is 15.5 Å². The van der Waals surface area contributed by atoms with Crippen molar-refractivity contribution in [3.63, 3.8) is 0 Å². The van der Waals surface area contributed by atoms with E-state index in [-0.39, 0.29) is 79.4 Å². The minimum absolute atomic E-state index is 0.00620. The Morgan fingerprint density at radius 3 is 1.73 bits per heavy atom. The van der Waals surface area contributed by atoms with E-state index in [1.54, 1.807) is 26.0 Å². The molecule has 6 aromatic rings. The molecule has 0 aliphatic carbocycles. The van der Waals surface area contributed by atoms with Gasteiger partial charge in [0, 0.05) is 24.5 Å². The molecular formula is C48H41ClN6O14S2. The number of benzene rings is 6. The van der Waals surface area contributed by atoms with Gasteiger partial charge in [0.15, 0.2) is 5.75 Å². The molecule has 0 saturated carbocycles. The molecule has 0 bridgehead atoms. The van der Waals surface area contributed by atoms with Gasteiger partial charge in [-0.1, -0.05) is 55.8 Å². The van der Waals surface area contributed by atoms with Crippen molar-refractivity contribution in [2.75, 3.05) is 39.7 Å². The van der Waals surface area contributed by atoms with E-state index < -0.39 is 101 Å². The van der Waals surface area contributed by atoms with Crippen molar-refractivity contribution in [1.82, 2.24) is 14.1 Å². The molecule has 366 valence electrons. The zero-order chi connectivity index (χ0) is 51.3. The molecule has 0 saturated heterocycles. The summed E-state index contributed by atoms with van der Waals surface area (Å²) in [5, 5.41) is 22.7. The summed E-state index contributed by atoms with van der Waals surface area (Å²) in [6, 6.07) is 20.1. The van der Waals surface area contributed by atoms with Crippen molar-refractivity contribution in [2.24, 2.45) is 10.2 Å². The highest BCUT2D eigenvalue weighted by Crippen LogP contribution is 2.49. The summed E-state index contributed by atoms with van der Waals surface area (Å²) in [6.07, 6.45) is 0. The number of carbonyl (C=O) groups is 5. The smallest absolute Gasteiger partial charge is 0.295 e. The third kappa shape index (κ3) is 8.69. The molecule has 0 atom stereocenters. The minimum atomic E-state index is -5.39. The number of anilines is 1. The molecule has 8 rings (SSSR count). The number of hydrogen-bond acceptors (Lipinski definition) is 15. The van der Waals surface area contributed by atoms with E-state index in [0.29, 0.717) is 0 Å². The van der Waals surface area contributed by atoms with E-state index >= 15 is 4.79 Å². The predicted molar refractivity (Wildman–Crippen MR) is 257 cm³/mol. The summed E-state index contributed by atoms with van der Waals surface area (Å²) in [5.74, 6) is -5.48. The fraction of sp³-hybridized carbons (Fsp3) is 0.188. The molecular weight excluding hydrogens is 984 g/mol. The molecule has 23 heteroatoms. The van der Waals surface area contributed by atoms with Crippen LogP contribution >= 0.6 is 11.6 Å². The highest BCUT2D eigenvalue weighted by molar-refractivity contribution is 7.89. The Labute approximate surface area is 410 Å². The molecule has 2 heterocycles. The van der Waals surface area contributed by atoms with Crippen molar-refractivity contribution in [1.29, 1.82) is 0 Å². The van der Waals surface area contributed by atoms with Gasteiger partial charge in [0.2, 0.25) is 10.0 Å². The maximum atomic E-state index is 15.1. The van der Waals surface area contributed by atoms with Crippen molar-refractivity contribution >= 4 is 89.1 Å². The number of aromatic hydroxyl groups is 1. The summed E-state index contributed by atoms with van der Waals surface area (Å²) in [7, 11) is -5.67. The number of ether oxygens (including phenoxy) is 3. The molecule has 20 nitrogen and oxygen atoms in total. The maximum Gasteiger partial charge on any atom is 0.295 e. The largest absolute Gasteiger partial charge is 0.505 e. The summed E-state index contributed by atoms with van der Waals surface area (Å²) < 4.78 is 82.8. The Morgan fingerprint density at radius 2 is 1.23 bits per heavy atom. The second kappa shape index (κ2) is 19.2. The summed E-state index contributed by atoms with van der Waals surface area (Å²) >= 11 is 6.48. The van der Waals surface area contributed by atoms with Crippen LogP contribution in [0.5, 0.6) is 23.0 Å². The molecule has 0 aromatic heterocycles. The molecule has 71 heavy (non-hydrogen) atoms. The monoisotopic (exact) mass is 1020 g/mol. The van der Waals surface area contributed by atoms with Crippen LogP contribution in [0.2, 0.25) is 5.02 Å². The van der Waals surface area contributed by atoms with E-state index in [9.17, 15) is 45.7 Å². The van der Waals surface area contributed by atoms with Crippen molar-refractivity contribution in [3.05, 3.63) is 135 Å². The first-order valence-electron chi connectivity index (χ1n) is 21.3. The zero-order valence-electron chi connectivity index (χ0n) is 38.2. The van der Waals surface area contributed by atoms with E-state index in [0.717, 1.165) is 28.0 Å². The van der Waals surface area contributed by atoms with Gasteiger partial charge in [-0.05, 0) is 71.1 Å². The van der Waals surface area contributed by atoms with Crippen molar-refractivity contribution < 1.29 is 64.7 Å². The number of azo groups is 1. The molecule has 0 unspecified atom stereocenters. The number of sulfonamides is 1. The van der Waals surface area contributed by atoms with Gasteiger partial charge in [-0.15, -0.1) is 10.2 Å². The van der Waals surface area contributed by atoms with Gasteiger partial charge in [-0.2, -0.15) is 12.7 Å². The topological polar surface area (TPSA) is 268 Å². The molecule has 0 spiro atoms. The third-order valence-corrected chi connectivity index (χ3v) is 15.2. The molecule has 5 amide bonds. The average Bonchev–Trinajstić information content (AvgIpc) is 3.73. The van der Waals surface area contributed by atoms with Gasteiger partial charge in [0.1, 0.15) is 33.5 Å². The van der Waals surface area contributed by atoms with E-state index in [4.69, 9.17) is 25.8 Å². The highest BCUT2D eigenvalue weighted by atomic mass is 35.5. The Morgan fingerprint density at radius 1 is 0.690 bits per heavy atom. The first-order valence-corrected chi connectivity index (χ1v) is 24.6. The zero-order valence-corrected chi connectivity index (χ0v) is 40.6. The SMILES string of the molecule is CCN(CC)S(=O)(=O)c1ccc(OC)c(N=Nc2c(O)c(C(=O)Nc3cc(Cl)c(OC)cc3OC)c(CN3C(=O)c4ccccc4C3=O)c3c(CN4C(=O)c5ccccc5C4=O)ccc(S(=O)(=O)O)c23)c1. The fourth-order valence-corrected chi connectivity index (χ4v) is 10.9. The van der Waals surface area contributed by atoms with E-state index in [1.165, 1.54) is 86.3 Å². The number of halogens is 1. The van der Waals surface area contributed by atoms with Crippen LogP contribution in [0, 0.1) is 0 Å². The van der Waals surface area contributed by atoms with Crippen LogP contribution in [-0.4, -0.2) is 105 Å². The first-order chi connectivity index (χ1) is 33.8.